The summed E-state index contributed by atoms with van der Waals surface area (Å²) in [6.07, 6.45) is 0.528. The molecule has 0 radical (unpaired) electrons. The molecular formula is C17H24N2O3. The third-order valence-corrected chi connectivity index (χ3v) is 4.57. The molecule has 2 heterocycles. The monoisotopic (exact) mass is 304 g/mol. The molecule has 2 atom stereocenters. The molecule has 2 aliphatic heterocycles. The smallest absolute Gasteiger partial charge is 0.253 e. The Balaban J connectivity index is 1.63. The average Bonchev–Trinajstić information content (AvgIpc) is 2.80. The zero-order chi connectivity index (χ0) is 15.5. The van der Waals surface area contributed by atoms with Crippen molar-refractivity contribution in [1.82, 2.24) is 9.80 Å². The average molecular weight is 304 g/mol. The second-order valence-electron chi connectivity index (χ2n) is 6.22. The predicted octanol–water partition coefficient (Wildman–Crippen LogP) is 0.903. The quantitative estimate of drug-likeness (QED) is 0.882. The van der Waals surface area contributed by atoms with Gasteiger partial charge in [0.2, 0.25) is 0 Å². The van der Waals surface area contributed by atoms with E-state index < -0.39 is 6.10 Å². The standard InChI is InChI=1S/C17H24N2O3/c1-13-4-2-5-14(10-13)17(21)19-7-3-6-18(8-9-19)15-11-22-12-16(15)20/h2,4-5,10,15-16,20H,3,6-9,11-12H2,1H3/t15-,16-/m1/s1. The Morgan fingerprint density at radius 2 is 2.09 bits per heavy atom. The van der Waals surface area contributed by atoms with E-state index in [4.69, 9.17) is 4.74 Å². The molecule has 0 spiro atoms. The van der Waals surface area contributed by atoms with E-state index in [0.29, 0.717) is 19.8 Å². The fraction of sp³-hybridized carbons (Fsp3) is 0.588. The number of nitrogens with zero attached hydrogens (tertiary/aromatic N) is 2. The van der Waals surface area contributed by atoms with Crippen molar-refractivity contribution in [3.8, 4) is 0 Å². The number of carbonyl (C=O) groups excluding carboxylic acids is 1. The van der Waals surface area contributed by atoms with Gasteiger partial charge in [-0.1, -0.05) is 17.7 Å². The second-order valence-corrected chi connectivity index (χ2v) is 6.22. The van der Waals surface area contributed by atoms with Crippen molar-refractivity contribution in [2.24, 2.45) is 0 Å². The fourth-order valence-corrected chi connectivity index (χ4v) is 3.31. The molecule has 5 heteroatoms. The predicted molar refractivity (Wildman–Crippen MR) is 83.9 cm³/mol. The van der Waals surface area contributed by atoms with E-state index in [1.165, 1.54) is 0 Å². The van der Waals surface area contributed by atoms with Crippen molar-refractivity contribution >= 4 is 5.91 Å². The van der Waals surface area contributed by atoms with E-state index in [1.54, 1.807) is 0 Å². The van der Waals surface area contributed by atoms with Crippen LogP contribution >= 0.6 is 0 Å². The molecule has 1 aromatic carbocycles. The minimum Gasteiger partial charge on any atom is -0.389 e. The van der Waals surface area contributed by atoms with Crippen LogP contribution in [0.4, 0.5) is 0 Å². The molecule has 5 nitrogen and oxygen atoms in total. The van der Waals surface area contributed by atoms with Gasteiger partial charge in [-0.3, -0.25) is 9.69 Å². The van der Waals surface area contributed by atoms with Crippen molar-refractivity contribution in [2.45, 2.75) is 25.5 Å². The van der Waals surface area contributed by atoms with E-state index in [2.05, 4.69) is 4.90 Å². The van der Waals surface area contributed by atoms with Crippen LogP contribution in [0.3, 0.4) is 0 Å². The fourth-order valence-electron chi connectivity index (χ4n) is 3.31. The summed E-state index contributed by atoms with van der Waals surface area (Å²) in [4.78, 5) is 16.8. The third-order valence-electron chi connectivity index (χ3n) is 4.57. The number of aryl methyl sites for hydroxylation is 1. The summed E-state index contributed by atoms with van der Waals surface area (Å²) < 4.78 is 5.35. The van der Waals surface area contributed by atoms with Crippen LogP contribution in [0.15, 0.2) is 24.3 Å². The largest absolute Gasteiger partial charge is 0.389 e. The van der Waals surface area contributed by atoms with Gasteiger partial charge in [-0.25, -0.2) is 0 Å². The maximum absolute atomic E-state index is 12.6. The molecule has 0 saturated carbocycles. The third kappa shape index (κ3) is 3.32. The first-order valence-corrected chi connectivity index (χ1v) is 8.01. The Bertz CT molecular complexity index is 534. The van der Waals surface area contributed by atoms with Gasteiger partial charge < -0.3 is 14.7 Å². The van der Waals surface area contributed by atoms with Gasteiger partial charge in [0.15, 0.2) is 0 Å². The molecule has 0 aromatic heterocycles. The Kier molecular flexibility index (Phi) is 4.76. The van der Waals surface area contributed by atoms with Crippen molar-refractivity contribution in [1.29, 1.82) is 0 Å². The highest BCUT2D eigenvalue weighted by atomic mass is 16.5. The van der Waals surface area contributed by atoms with Gasteiger partial charge in [0.1, 0.15) is 0 Å². The minimum atomic E-state index is -0.404. The van der Waals surface area contributed by atoms with Crippen molar-refractivity contribution in [3.05, 3.63) is 35.4 Å². The normalized spacial score (nSPS) is 26.9. The highest BCUT2D eigenvalue weighted by molar-refractivity contribution is 5.94. The maximum atomic E-state index is 12.6. The van der Waals surface area contributed by atoms with Gasteiger partial charge in [-0.2, -0.15) is 0 Å². The summed E-state index contributed by atoms with van der Waals surface area (Å²) in [6, 6.07) is 7.84. The zero-order valence-corrected chi connectivity index (χ0v) is 13.1. The summed E-state index contributed by atoms with van der Waals surface area (Å²) in [5, 5.41) is 9.97. The number of ether oxygens (including phenoxy) is 1. The van der Waals surface area contributed by atoms with E-state index in [-0.39, 0.29) is 11.9 Å². The van der Waals surface area contributed by atoms with Crippen LogP contribution in [-0.2, 0) is 4.74 Å². The van der Waals surface area contributed by atoms with E-state index in [1.807, 2.05) is 36.1 Å². The Morgan fingerprint density at radius 3 is 2.82 bits per heavy atom. The number of hydrogen-bond acceptors (Lipinski definition) is 4. The first kappa shape index (κ1) is 15.5. The molecule has 2 fully saturated rings. The van der Waals surface area contributed by atoms with Crippen LogP contribution in [0.25, 0.3) is 0 Å². The molecule has 0 aliphatic carbocycles. The van der Waals surface area contributed by atoms with Crippen molar-refractivity contribution < 1.29 is 14.6 Å². The number of aliphatic hydroxyl groups is 1. The molecule has 3 rings (SSSR count). The molecule has 2 saturated heterocycles. The lowest BCUT2D eigenvalue weighted by molar-refractivity contribution is 0.0725. The summed E-state index contributed by atoms with van der Waals surface area (Å²) in [7, 11) is 0. The Labute approximate surface area is 131 Å². The van der Waals surface area contributed by atoms with Crippen molar-refractivity contribution in [2.75, 3.05) is 39.4 Å². The Morgan fingerprint density at radius 1 is 1.23 bits per heavy atom. The van der Waals surface area contributed by atoms with E-state index in [0.717, 1.165) is 37.2 Å². The SMILES string of the molecule is Cc1cccc(C(=O)N2CCCN([C@@H]3COC[C@H]3O)CC2)c1. The van der Waals surface area contributed by atoms with Crippen LogP contribution in [0.1, 0.15) is 22.3 Å². The lowest BCUT2D eigenvalue weighted by atomic mass is 10.1. The highest BCUT2D eigenvalue weighted by Crippen LogP contribution is 2.17. The number of benzene rings is 1. The molecule has 1 amide bonds. The number of carbonyl (C=O) groups is 1. The number of aliphatic hydroxyl groups excluding tert-OH is 1. The number of rotatable bonds is 2. The van der Waals surface area contributed by atoms with Gasteiger partial charge in [-0.05, 0) is 25.5 Å². The topological polar surface area (TPSA) is 53.0 Å². The zero-order valence-electron chi connectivity index (χ0n) is 13.1. The molecule has 1 N–H and O–H groups in total. The van der Waals surface area contributed by atoms with Crippen LogP contribution in [0.5, 0.6) is 0 Å². The highest BCUT2D eigenvalue weighted by Gasteiger charge is 2.33. The van der Waals surface area contributed by atoms with Gasteiger partial charge in [-0.15, -0.1) is 0 Å². The van der Waals surface area contributed by atoms with Crippen LogP contribution < -0.4 is 0 Å². The van der Waals surface area contributed by atoms with Gasteiger partial charge >= 0.3 is 0 Å². The first-order chi connectivity index (χ1) is 10.6. The molecule has 2 aliphatic rings. The van der Waals surface area contributed by atoms with E-state index >= 15 is 0 Å². The van der Waals surface area contributed by atoms with Crippen LogP contribution in [0.2, 0.25) is 0 Å². The maximum Gasteiger partial charge on any atom is 0.253 e. The molecule has 0 bridgehead atoms. The van der Waals surface area contributed by atoms with Crippen molar-refractivity contribution in [3.63, 3.8) is 0 Å². The Hall–Kier alpha value is -1.43. The molecular weight excluding hydrogens is 280 g/mol. The number of hydrogen-bond donors (Lipinski definition) is 1. The number of amides is 1. The lowest BCUT2D eigenvalue weighted by Gasteiger charge is -2.28. The molecule has 1 aromatic rings. The summed E-state index contributed by atoms with van der Waals surface area (Å²) in [5.74, 6) is 0.105. The van der Waals surface area contributed by atoms with Crippen LogP contribution in [-0.4, -0.2) is 72.4 Å². The molecule has 0 unspecified atom stereocenters. The summed E-state index contributed by atoms with van der Waals surface area (Å²) in [6.45, 7) is 6.19. The van der Waals surface area contributed by atoms with Crippen LogP contribution in [0, 0.1) is 6.92 Å². The van der Waals surface area contributed by atoms with Gasteiger partial charge in [0, 0.05) is 31.7 Å². The van der Waals surface area contributed by atoms with Gasteiger partial charge in [0.25, 0.3) is 5.91 Å². The summed E-state index contributed by atoms with van der Waals surface area (Å²) in [5.41, 5.74) is 1.87. The first-order valence-electron chi connectivity index (χ1n) is 8.01. The molecule has 22 heavy (non-hydrogen) atoms. The summed E-state index contributed by atoms with van der Waals surface area (Å²) >= 11 is 0. The van der Waals surface area contributed by atoms with E-state index in [9.17, 15) is 9.90 Å². The van der Waals surface area contributed by atoms with Gasteiger partial charge in [0.05, 0.1) is 25.4 Å². The molecule has 120 valence electrons. The second kappa shape index (κ2) is 6.77. The minimum absolute atomic E-state index is 0.0778. The lowest BCUT2D eigenvalue weighted by Crippen LogP contribution is -2.45.